The van der Waals surface area contributed by atoms with Crippen molar-refractivity contribution in [3.05, 3.63) is 34.9 Å². The molecule has 0 saturated carbocycles. The van der Waals surface area contributed by atoms with Crippen LogP contribution in [0.4, 0.5) is 0 Å². The molecular formula is C14H18ClNO2. The summed E-state index contributed by atoms with van der Waals surface area (Å²) in [6, 6.07) is 7.01. The highest BCUT2D eigenvalue weighted by Crippen LogP contribution is 2.17. The first-order valence-electron chi connectivity index (χ1n) is 6.37. The second-order valence-corrected chi connectivity index (χ2v) is 5.05. The maximum atomic E-state index is 11.8. The Balaban J connectivity index is 1.74. The first kappa shape index (κ1) is 13.4. The number of ether oxygens (including phenoxy) is 1. The molecule has 1 N–H and O–H groups in total. The molecule has 2 rings (SSSR count). The fourth-order valence-electron chi connectivity index (χ4n) is 2.16. The number of carbonyl (C=O) groups is 1. The molecule has 0 bridgehead atoms. The lowest BCUT2D eigenvalue weighted by atomic mass is 9.97. The molecule has 0 atom stereocenters. The van der Waals surface area contributed by atoms with E-state index >= 15 is 0 Å². The highest BCUT2D eigenvalue weighted by molar-refractivity contribution is 6.30. The van der Waals surface area contributed by atoms with Crippen LogP contribution in [0.1, 0.15) is 29.6 Å². The van der Waals surface area contributed by atoms with Gasteiger partial charge in [0.2, 0.25) is 0 Å². The number of nitrogens with one attached hydrogen (secondary N) is 1. The summed E-state index contributed by atoms with van der Waals surface area (Å²) < 4.78 is 5.31. The van der Waals surface area contributed by atoms with E-state index in [2.05, 4.69) is 5.32 Å². The van der Waals surface area contributed by atoms with Crippen molar-refractivity contribution in [2.45, 2.75) is 19.3 Å². The number of benzene rings is 1. The number of carbonyl (C=O) groups excluding carboxylic acids is 1. The molecule has 0 radical (unpaired) electrons. The van der Waals surface area contributed by atoms with Crippen LogP contribution in [0, 0.1) is 5.92 Å². The van der Waals surface area contributed by atoms with Gasteiger partial charge in [0, 0.05) is 30.3 Å². The minimum Gasteiger partial charge on any atom is -0.381 e. The summed E-state index contributed by atoms with van der Waals surface area (Å²) in [5.74, 6) is 0.628. The summed E-state index contributed by atoms with van der Waals surface area (Å²) in [4.78, 5) is 11.8. The quantitative estimate of drug-likeness (QED) is 0.911. The Morgan fingerprint density at radius 2 is 2.17 bits per heavy atom. The Hall–Kier alpha value is -1.06. The Kier molecular flexibility index (Phi) is 5.02. The van der Waals surface area contributed by atoms with Gasteiger partial charge in [0.15, 0.2) is 0 Å². The van der Waals surface area contributed by atoms with Gasteiger partial charge in [0.25, 0.3) is 5.91 Å². The van der Waals surface area contributed by atoms with Crippen molar-refractivity contribution in [3.63, 3.8) is 0 Å². The van der Waals surface area contributed by atoms with Crippen molar-refractivity contribution in [2.75, 3.05) is 19.8 Å². The molecule has 98 valence electrons. The van der Waals surface area contributed by atoms with E-state index in [9.17, 15) is 4.79 Å². The molecule has 0 unspecified atom stereocenters. The van der Waals surface area contributed by atoms with Crippen molar-refractivity contribution in [2.24, 2.45) is 5.92 Å². The van der Waals surface area contributed by atoms with Crippen LogP contribution in [0.25, 0.3) is 0 Å². The first-order valence-corrected chi connectivity index (χ1v) is 6.75. The second-order valence-electron chi connectivity index (χ2n) is 4.61. The zero-order valence-electron chi connectivity index (χ0n) is 10.3. The fourth-order valence-corrected chi connectivity index (χ4v) is 2.35. The summed E-state index contributed by atoms with van der Waals surface area (Å²) in [6.07, 6.45) is 3.23. The van der Waals surface area contributed by atoms with Crippen LogP contribution in [0.3, 0.4) is 0 Å². The van der Waals surface area contributed by atoms with Crippen molar-refractivity contribution in [1.29, 1.82) is 0 Å². The van der Waals surface area contributed by atoms with Gasteiger partial charge in [0.05, 0.1) is 0 Å². The molecular weight excluding hydrogens is 250 g/mol. The molecule has 18 heavy (non-hydrogen) atoms. The number of halogens is 1. The number of amides is 1. The summed E-state index contributed by atoms with van der Waals surface area (Å²) in [6.45, 7) is 2.43. The van der Waals surface area contributed by atoms with Gasteiger partial charge in [-0.1, -0.05) is 17.7 Å². The molecule has 1 aliphatic heterocycles. The normalized spacial score (nSPS) is 16.5. The van der Waals surface area contributed by atoms with Gasteiger partial charge < -0.3 is 10.1 Å². The highest BCUT2D eigenvalue weighted by Gasteiger charge is 2.14. The topological polar surface area (TPSA) is 38.3 Å². The molecule has 1 saturated heterocycles. The lowest BCUT2D eigenvalue weighted by Crippen LogP contribution is -2.27. The number of hydrogen-bond donors (Lipinski definition) is 1. The molecule has 1 aromatic carbocycles. The zero-order chi connectivity index (χ0) is 12.8. The molecule has 1 amide bonds. The molecule has 1 aromatic rings. The molecule has 0 spiro atoms. The van der Waals surface area contributed by atoms with E-state index in [-0.39, 0.29) is 5.91 Å². The third-order valence-electron chi connectivity index (χ3n) is 3.27. The van der Waals surface area contributed by atoms with Crippen LogP contribution in [-0.4, -0.2) is 25.7 Å². The average Bonchev–Trinajstić information content (AvgIpc) is 2.40. The van der Waals surface area contributed by atoms with Crippen LogP contribution in [0.15, 0.2) is 24.3 Å². The number of rotatable bonds is 4. The minimum absolute atomic E-state index is 0.0513. The summed E-state index contributed by atoms with van der Waals surface area (Å²) >= 11 is 5.85. The van der Waals surface area contributed by atoms with Gasteiger partial charge in [-0.05, 0) is 43.4 Å². The van der Waals surface area contributed by atoms with E-state index in [0.717, 1.165) is 39.0 Å². The largest absolute Gasteiger partial charge is 0.381 e. The second kappa shape index (κ2) is 6.76. The Labute approximate surface area is 112 Å². The zero-order valence-corrected chi connectivity index (χ0v) is 11.1. The van der Waals surface area contributed by atoms with Gasteiger partial charge in [-0.2, -0.15) is 0 Å². The maximum Gasteiger partial charge on any atom is 0.251 e. The van der Waals surface area contributed by atoms with Crippen molar-refractivity contribution in [1.82, 2.24) is 5.32 Å². The average molecular weight is 268 g/mol. The van der Waals surface area contributed by atoms with Gasteiger partial charge in [-0.25, -0.2) is 0 Å². The van der Waals surface area contributed by atoms with Gasteiger partial charge >= 0.3 is 0 Å². The highest BCUT2D eigenvalue weighted by atomic mass is 35.5. The Bertz CT molecular complexity index is 403. The van der Waals surface area contributed by atoms with Crippen LogP contribution >= 0.6 is 11.6 Å². The maximum absolute atomic E-state index is 11.8. The van der Waals surface area contributed by atoms with E-state index in [4.69, 9.17) is 16.3 Å². The monoisotopic (exact) mass is 267 g/mol. The van der Waals surface area contributed by atoms with Crippen LogP contribution < -0.4 is 5.32 Å². The molecule has 1 heterocycles. The lowest BCUT2D eigenvalue weighted by Gasteiger charge is -2.21. The summed E-state index contributed by atoms with van der Waals surface area (Å²) in [5, 5.41) is 3.52. The van der Waals surface area contributed by atoms with Crippen LogP contribution in [0.5, 0.6) is 0 Å². The van der Waals surface area contributed by atoms with Crippen molar-refractivity contribution < 1.29 is 9.53 Å². The van der Waals surface area contributed by atoms with Gasteiger partial charge in [0.1, 0.15) is 0 Å². The van der Waals surface area contributed by atoms with Gasteiger partial charge in [-0.15, -0.1) is 0 Å². The molecule has 1 fully saturated rings. The van der Waals surface area contributed by atoms with Crippen LogP contribution in [-0.2, 0) is 4.74 Å². The van der Waals surface area contributed by atoms with E-state index in [0.29, 0.717) is 16.5 Å². The standard InChI is InChI=1S/C14H18ClNO2/c15-13-3-1-2-12(10-13)14(17)16-7-4-11-5-8-18-9-6-11/h1-3,10-11H,4-9H2,(H,16,17). The minimum atomic E-state index is -0.0513. The molecule has 1 aliphatic rings. The Morgan fingerprint density at radius 3 is 2.89 bits per heavy atom. The predicted molar refractivity (Wildman–Crippen MR) is 71.9 cm³/mol. The van der Waals surface area contributed by atoms with E-state index in [1.165, 1.54) is 0 Å². The number of hydrogen-bond acceptors (Lipinski definition) is 2. The molecule has 3 nitrogen and oxygen atoms in total. The fraction of sp³-hybridized carbons (Fsp3) is 0.500. The molecule has 4 heteroatoms. The smallest absolute Gasteiger partial charge is 0.251 e. The van der Waals surface area contributed by atoms with Crippen molar-refractivity contribution in [3.8, 4) is 0 Å². The summed E-state index contributed by atoms with van der Waals surface area (Å²) in [5.41, 5.74) is 0.620. The predicted octanol–water partition coefficient (Wildman–Crippen LogP) is 2.89. The third-order valence-corrected chi connectivity index (χ3v) is 3.50. The van der Waals surface area contributed by atoms with Crippen molar-refractivity contribution >= 4 is 17.5 Å². The SMILES string of the molecule is O=C(NCCC1CCOCC1)c1cccc(Cl)c1. The first-order chi connectivity index (χ1) is 8.75. The summed E-state index contributed by atoms with van der Waals surface area (Å²) in [7, 11) is 0. The third kappa shape index (κ3) is 4.00. The van der Waals surface area contributed by atoms with E-state index < -0.39 is 0 Å². The van der Waals surface area contributed by atoms with E-state index in [1.807, 2.05) is 0 Å². The van der Waals surface area contributed by atoms with E-state index in [1.54, 1.807) is 24.3 Å². The molecule has 0 aromatic heterocycles. The lowest BCUT2D eigenvalue weighted by molar-refractivity contribution is 0.0636. The Morgan fingerprint density at radius 1 is 1.39 bits per heavy atom. The molecule has 0 aliphatic carbocycles. The van der Waals surface area contributed by atoms with Crippen LogP contribution in [0.2, 0.25) is 5.02 Å². The van der Waals surface area contributed by atoms with Gasteiger partial charge in [-0.3, -0.25) is 4.79 Å².